The van der Waals surface area contributed by atoms with Crippen LogP contribution in [0, 0.1) is 0 Å². The van der Waals surface area contributed by atoms with E-state index >= 15 is 0 Å². The second kappa shape index (κ2) is 6.58. The van der Waals surface area contributed by atoms with Crippen LogP contribution in [0.5, 0.6) is 0 Å². The van der Waals surface area contributed by atoms with Gasteiger partial charge < -0.3 is 5.32 Å². The van der Waals surface area contributed by atoms with Crippen molar-refractivity contribution >= 4 is 28.3 Å². The summed E-state index contributed by atoms with van der Waals surface area (Å²) < 4.78 is 12.8. The summed E-state index contributed by atoms with van der Waals surface area (Å²) in [5.41, 5.74) is 0. The number of rotatable bonds is 6. The van der Waals surface area contributed by atoms with Crippen molar-refractivity contribution in [1.29, 1.82) is 0 Å². The Morgan fingerprint density at radius 3 is 2.95 bits per heavy atom. The number of nitrogens with one attached hydrogen (secondary N) is 1. The predicted molar refractivity (Wildman–Crippen MR) is 74.0 cm³/mol. The number of aromatic nitrogens is 5. The van der Waals surface area contributed by atoms with Gasteiger partial charge in [-0.15, -0.1) is 0 Å². The van der Waals surface area contributed by atoms with Crippen LogP contribution in [0.3, 0.4) is 0 Å². The molecule has 2 aromatic rings. The van der Waals surface area contributed by atoms with Crippen LogP contribution < -0.4 is 5.32 Å². The smallest absolute Gasteiger partial charge is 0.256 e. The molecule has 7 nitrogen and oxygen atoms in total. The van der Waals surface area contributed by atoms with Gasteiger partial charge in [-0.1, -0.05) is 6.92 Å². The van der Waals surface area contributed by atoms with E-state index in [2.05, 4.69) is 25.4 Å². The highest BCUT2D eigenvalue weighted by molar-refractivity contribution is 7.84. The molecule has 0 aromatic carbocycles. The van der Waals surface area contributed by atoms with Crippen LogP contribution in [0.4, 0.5) is 5.95 Å². The molecule has 2 rings (SSSR count). The fraction of sp³-hybridized carbons (Fsp3) is 0.400. The fourth-order valence-corrected chi connectivity index (χ4v) is 2.10. The Hall–Kier alpha value is -1.54. The van der Waals surface area contributed by atoms with Crippen molar-refractivity contribution in [2.75, 3.05) is 23.4 Å². The molecule has 102 valence electrons. The molecule has 9 heteroatoms. The molecule has 0 aliphatic carbocycles. The third-order valence-electron chi connectivity index (χ3n) is 2.24. The summed E-state index contributed by atoms with van der Waals surface area (Å²) in [5, 5.41) is 7.07. The molecule has 0 saturated carbocycles. The van der Waals surface area contributed by atoms with Gasteiger partial charge in [0.2, 0.25) is 11.2 Å². The Kier molecular flexibility index (Phi) is 4.80. The molecule has 0 amide bonds. The summed E-state index contributed by atoms with van der Waals surface area (Å²) >= 11 is 5.83. The van der Waals surface area contributed by atoms with Crippen molar-refractivity contribution < 1.29 is 4.21 Å². The van der Waals surface area contributed by atoms with Gasteiger partial charge in [-0.2, -0.15) is 20.1 Å². The summed E-state index contributed by atoms with van der Waals surface area (Å²) in [6.07, 6.45) is 3.33. The zero-order valence-electron chi connectivity index (χ0n) is 10.3. The zero-order chi connectivity index (χ0) is 13.7. The minimum Gasteiger partial charge on any atom is -0.353 e. The number of nitrogens with zero attached hydrogens (tertiary/aromatic N) is 5. The van der Waals surface area contributed by atoms with Gasteiger partial charge in [-0.05, 0) is 17.7 Å². The van der Waals surface area contributed by atoms with E-state index in [0.29, 0.717) is 29.9 Å². The molecule has 0 bridgehead atoms. The van der Waals surface area contributed by atoms with Gasteiger partial charge in [0, 0.05) is 41.2 Å². The van der Waals surface area contributed by atoms with Crippen LogP contribution in [0.25, 0.3) is 5.95 Å². The maximum Gasteiger partial charge on any atom is 0.256 e. The normalized spacial score (nSPS) is 12.3. The molecule has 19 heavy (non-hydrogen) atoms. The maximum atomic E-state index is 11.3. The van der Waals surface area contributed by atoms with Crippen LogP contribution in [0.15, 0.2) is 18.5 Å². The fourth-order valence-electron chi connectivity index (χ4n) is 1.33. The van der Waals surface area contributed by atoms with Crippen LogP contribution in [-0.4, -0.2) is 47.0 Å². The maximum absolute atomic E-state index is 11.3. The van der Waals surface area contributed by atoms with Crippen LogP contribution >= 0.6 is 11.6 Å². The first-order chi connectivity index (χ1) is 9.19. The van der Waals surface area contributed by atoms with Gasteiger partial charge in [0.25, 0.3) is 5.95 Å². The minimum absolute atomic E-state index is 0.0830. The molecule has 1 atom stereocenters. The van der Waals surface area contributed by atoms with Crippen molar-refractivity contribution in [3.63, 3.8) is 0 Å². The van der Waals surface area contributed by atoms with Crippen LogP contribution in [-0.2, 0) is 10.8 Å². The quantitative estimate of drug-likeness (QED) is 0.853. The van der Waals surface area contributed by atoms with Gasteiger partial charge in [0.15, 0.2) is 0 Å². The topological polar surface area (TPSA) is 85.6 Å². The second-order valence-corrected chi connectivity index (χ2v) is 5.74. The van der Waals surface area contributed by atoms with Crippen LogP contribution in [0.2, 0.25) is 5.28 Å². The van der Waals surface area contributed by atoms with E-state index in [0.717, 1.165) is 0 Å². The van der Waals surface area contributed by atoms with Gasteiger partial charge >= 0.3 is 0 Å². The highest BCUT2D eigenvalue weighted by Gasteiger charge is 2.07. The molecule has 1 unspecified atom stereocenters. The summed E-state index contributed by atoms with van der Waals surface area (Å²) in [5.74, 6) is 1.86. The minimum atomic E-state index is -0.825. The lowest BCUT2D eigenvalue weighted by atomic mass is 10.7. The third kappa shape index (κ3) is 3.97. The van der Waals surface area contributed by atoms with E-state index < -0.39 is 10.8 Å². The van der Waals surface area contributed by atoms with E-state index in [4.69, 9.17) is 11.6 Å². The van der Waals surface area contributed by atoms with E-state index in [9.17, 15) is 4.21 Å². The standard InChI is InChI=1S/C10H13ClN6OS/c1-2-19(18)7-5-12-9-14-8(11)15-10(16-9)17-6-3-4-13-17/h3-4,6H,2,5,7H2,1H3,(H,12,14,15,16). The third-order valence-corrected chi connectivity index (χ3v) is 3.71. The van der Waals surface area contributed by atoms with E-state index in [1.807, 2.05) is 6.92 Å². The van der Waals surface area contributed by atoms with Crippen molar-refractivity contribution in [2.45, 2.75) is 6.92 Å². The molecule has 0 saturated heterocycles. The van der Waals surface area contributed by atoms with Gasteiger partial charge in [0.1, 0.15) is 0 Å². The van der Waals surface area contributed by atoms with Gasteiger partial charge in [-0.25, -0.2) is 4.68 Å². The van der Waals surface area contributed by atoms with Crippen LogP contribution in [0.1, 0.15) is 6.92 Å². The van der Waals surface area contributed by atoms with E-state index in [-0.39, 0.29) is 5.28 Å². The monoisotopic (exact) mass is 300 g/mol. The lowest BCUT2D eigenvalue weighted by molar-refractivity contribution is 0.684. The summed E-state index contributed by atoms with van der Waals surface area (Å²) in [4.78, 5) is 12.1. The summed E-state index contributed by atoms with van der Waals surface area (Å²) in [7, 11) is -0.825. The molecule has 0 fully saturated rings. The van der Waals surface area contributed by atoms with Gasteiger partial charge in [0.05, 0.1) is 0 Å². The first-order valence-electron chi connectivity index (χ1n) is 5.69. The van der Waals surface area contributed by atoms with Crippen molar-refractivity contribution in [3.05, 3.63) is 23.7 Å². The van der Waals surface area contributed by atoms with Gasteiger partial charge in [-0.3, -0.25) is 4.21 Å². The van der Waals surface area contributed by atoms with E-state index in [1.165, 1.54) is 4.68 Å². The molecule has 1 N–H and O–H groups in total. The largest absolute Gasteiger partial charge is 0.353 e. The molecule has 0 aliphatic heterocycles. The second-order valence-electron chi connectivity index (χ2n) is 3.54. The predicted octanol–water partition coefficient (Wildman–Crippen LogP) is 0.891. The molecular formula is C10H13ClN6OS. The molecule has 2 aromatic heterocycles. The average molecular weight is 301 g/mol. The van der Waals surface area contributed by atoms with E-state index in [1.54, 1.807) is 18.5 Å². The Bertz CT molecular complexity index is 561. The molecule has 0 aliphatic rings. The molecule has 0 radical (unpaired) electrons. The first-order valence-corrected chi connectivity index (χ1v) is 7.56. The highest BCUT2D eigenvalue weighted by atomic mass is 35.5. The summed E-state index contributed by atoms with van der Waals surface area (Å²) in [6, 6.07) is 1.76. The van der Waals surface area contributed by atoms with Crippen molar-refractivity contribution in [3.8, 4) is 5.95 Å². The lowest BCUT2D eigenvalue weighted by Gasteiger charge is -2.06. The number of hydrogen-bond acceptors (Lipinski definition) is 6. The summed E-state index contributed by atoms with van der Waals surface area (Å²) in [6.45, 7) is 2.39. The van der Waals surface area contributed by atoms with Crippen molar-refractivity contribution in [2.24, 2.45) is 0 Å². The Morgan fingerprint density at radius 2 is 2.26 bits per heavy atom. The van der Waals surface area contributed by atoms with Crippen molar-refractivity contribution in [1.82, 2.24) is 24.7 Å². The molecule has 0 spiro atoms. The highest BCUT2D eigenvalue weighted by Crippen LogP contribution is 2.08. The number of hydrogen-bond donors (Lipinski definition) is 1. The SMILES string of the molecule is CCS(=O)CCNc1nc(Cl)nc(-n2cccn2)n1. The Balaban J connectivity index is 2.07. The Morgan fingerprint density at radius 1 is 1.42 bits per heavy atom. The number of halogens is 1. The average Bonchev–Trinajstić information content (AvgIpc) is 2.91. The number of anilines is 1. The zero-order valence-corrected chi connectivity index (χ0v) is 11.9. The lowest BCUT2D eigenvalue weighted by Crippen LogP contribution is -2.15. The molecule has 2 heterocycles. The molecular weight excluding hydrogens is 288 g/mol. The first kappa shape index (κ1) is 13.9. The Labute approximate surface area is 117 Å².